The Hall–Kier alpha value is -3.92. The van der Waals surface area contributed by atoms with Gasteiger partial charge in [-0.15, -0.1) is 0 Å². The van der Waals surface area contributed by atoms with Gasteiger partial charge in [0.05, 0.1) is 5.56 Å². The SMILES string of the molecule is Oc1cccc(O)c1-c1ccccc1.Oc1cccc(O)c1Cc1ccccc1. The fourth-order valence-electron chi connectivity index (χ4n) is 2.97. The van der Waals surface area contributed by atoms with Gasteiger partial charge in [-0.1, -0.05) is 72.8 Å². The maximum atomic E-state index is 9.59. The van der Waals surface area contributed by atoms with E-state index in [1.807, 2.05) is 60.7 Å². The van der Waals surface area contributed by atoms with Gasteiger partial charge in [-0.05, 0) is 35.4 Å². The van der Waals surface area contributed by atoms with Crippen LogP contribution in [0.15, 0.2) is 97.1 Å². The first-order valence-corrected chi connectivity index (χ1v) is 9.16. The van der Waals surface area contributed by atoms with Crippen LogP contribution in [0.2, 0.25) is 0 Å². The summed E-state index contributed by atoms with van der Waals surface area (Å²) in [5.74, 6) is 0.463. The smallest absolute Gasteiger partial charge is 0.127 e. The van der Waals surface area contributed by atoms with E-state index in [-0.39, 0.29) is 23.0 Å². The molecule has 4 nitrogen and oxygen atoms in total. The molecular weight excluding hydrogens is 364 g/mol. The number of hydrogen-bond acceptors (Lipinski definition) is 4. The quantitative estimate of drug-likeness (QED) is 0.377. The van der Waals surface area contributed by atoms with Gasteiger partial charge in [-0.25, -0.2) is 0 Å². The molecule has 0 unspecified atom stereocenters. The maximum absolute atomic E-state index is 9.59. The lowest BCUT2D eigenvalue weighted by Gasteiger charge is -2.06. The van der Waals surface area contributed by atoms with Crippen molar-refractivity contribution in [3.05, 3.63) is 108 Å². The Kier molecular flexibility index (Phi) is 6.38. The molecule has 4 heteroatoms. The molecule has 0 aliphatic carbocycles. The lowest BCUT2D eigenvalue weighted by molar-refractivity contribution is 0.440. The second-order valence-electron chi connectivity index (χ2n) is 6.47. The van der Waals surface area contributed by atoms with Crippen LogP contribution in [0, 0.1) is 0 Å². The van der Waals surface area contributed by atoms with Crippen molar-refractivity contribution in [2.24, 2.45) is 0 Å². The Morgan fingerprint density at radius 3 is 1.41 bits per heavy atom. The molecule has 0 spiro atoms. The molecule has 4 rings (SSSR count). The predicted molar refractivity (Wildman–Crippen MR) is 114 cm³/mol. The summed E-state index contributed by atoms with van der Waals surface area (Å²) in [7, 11) is 0. The van der Waals surface area contributed by atoms with E-state index >= 15 is 0 Å². The van der Waals surface area contributed by atoms with Crippen LogP contribution in [0.3, 0.4) is 0 Å². The van der Waals surface area contributed by atoms with Crippen LogP contribution >= 0.6 is 0 Å². The van der Waals surface area contributed by atoms with E-state index in [9.17, 15) is 20.4 Å². The first-order chi connectivity index (χ1) is 14.1. The third-order valence-electron chi connectivity index (χ3n) is 4.43. The Labute approximate surface area is 169 Å². The van der Waals surface area contributed by atoms with Crippen LogP contribution in [-0.2, 0) is 6.42 Å². The average Bonchev–Trinajstić information content (AvgIpc) is 2.73. The van der Waals surface area contributed by atoms with Crippen LogP contribution in [0.25, 0.3) is 11.1 Å². The van der Waals surface area contributed by atoms with Crippen molar-refractivity contribution in [2.45, 2.75) is 6.42 Å². The molecule has 0 saturated heterocycles. The van der Waals surface area contributed by atoms with Gasteiger partial charge in [-0.2, -0.15) is 0 Å². The normalized spacial score (nSPS) is 10.1. The number of phenolic OH excluding ortho intramolecular Hbond substituents is 4. The van der Waals surface area contributed by atoms with Crippen LogP contribution < -0.4 is 0 Å². The molecule has 4 aromatic rings. The Balaban J connectivity index is 0.000000166. The Bertz CT molecular complexity index is 1020. The summed E-state index contributed by atoms with van der Waals surface area (Å²) in [5.41, 5.74) is 2.93. The van der Waals surface area contributed by atoms with Gasteiger partial charge in [0, 0.05) is 12.0 Å². The van der Waals surface area contributed by atoms with Gasteiger partial charge >= 0.3 is 0 Å². The van der Waals surface area contributed by atoms with E-state index in [1.54, 1.807) is 36.4 Å². The molecule has 146 valence electrons. The highest BCUT2D eigenvalue weighted by Crippen LogP contribution is 2.36. The van der Waals surface area contributed by atoms with E-state index in [2.05, 4.69) is 0 Å². The molecule has 4 N–H and O–H groups in total. The Morgan fingerprint density at radius 1 is 0.448 bits per heavy atom. The van der Waals surface area contributed by atoms with Crippen molar-refractivity contribution in [1.82, 2.24) is 0 Å². The van der Waals surface area contributed by atoms with Crippen molar-refractivity contribution in [3.63, 3.8) is 0 Å². The molecule has 0 aliphatic heterocycles. The topological polar surface area (TPSA) is 80.9 Å². The number of benzene rings is 4. The van der Waals surface area contributed by atoms with Crippen LogP contribution in [0.1, 0.15) is 11.1 Å². The minimum atomic E-state index is 0.0937. The Morgan fingerprint density at radius 2 is 0.897 bits per heavy atom. The van der Waals surface area contributed by atoms with Crippen molar-refractivity contribution in [3.8, 4) is 34.1 Å². The highest BCUT2D eigenvalue weighted by atomic mass is 16.3. The van der Waals surface area contributed by atoms with Crippen molar-refractivity contribution in [1.29, 1.82) is 0 Å². The van der Waals surface area contributed by atoms with Crippen molar-refractivity contribution < 1.29 is 20.4 Å². The predicted octanol–water partition coefficient (Wildman–Crippen LogP) is 5.45. The summed E-state index contributed by atoms with van der Waals surface area (Å²) in [6.45, 7) is 0. The molecule has 4 aromatic carbocycles. The van der Waals surface area contributed by atoms with E-state index in [1.165, 1.54) is 0 Å². The molecule has 0 saturated carbocycles. The number of hydrogen-bond donors (Lipinski definition) is 4. The zero-order valence-corrected chi connectivity index (χ0v) is 15.7. The van der Waals surface area contributed by atoms with E-state index in [0.29, 0.717) is 17.5 Å². The van der Waals surface area contributed by atoms with Gasteiger partial charge in [0.25, 0.3) is 0 Å². The summed E-state index contributed by atoms with van der Waals surface area (Å²) >= 11 is 0. The summed E-state index contributed by atoms with van der Waals surface area (Å²) in [6, 6.07) is 28.5. The van der Waals surface area contributed by atoms with Gasteiger partial charge in [-0.3, -0.25) is 0 Å². The molecule has 0 atom stereocenters. The summed E-state index contributed by atoms with van der Waals surface area (Å²) < 4.78 is 0. The molecule has 29 heavy (non-hydrogen) atoms. The zero-order valence-electron chi connectivity index (χ0n) is 15.7. The molecular formula is C25H22O4. The molecule has 0 fully saturated rings. The van der Waals surface area contributed by atoms with E-state index in [0.717, 1.165) is 11.1 Å². The van der Waals surface area contributed by atoms with E-state index < -0.39 is 0 Å². The molecule has 0 aliphatic rings. The summed E-state index contributed by atoms with van der Waals surface area (Å²) in [5, 5.41) is 38.4. The molecule has 0 radical (unpaired) electrons. The second-order valence-corrected chi connectivity index (χ2v) is 6.47. The second kappa shape index (κ2) is 9.33. The maximum Gasteiger partial charge on any atom is 0.127 e. The minimum Gasteiger partial charge on any atom is -0.508 e. The summed E-state index contributed by atoms with van der Waals surface area (Å²) in [4.78, 5) is 0. The molecule has 0 bridgehead atoms. The fraction of sp³-hybridized carbons (Fsp3) is 0.0400. The minimum absolute atomic E-state index is 0.0937. The first-order valence-electron chi connectivity index (χ1n) is 9.16. The molecule has 0 amide bonds. The molecule has 0 heterocycles. The first kappa shape index (κ1) is 19.8. The van der Waals surface area contributed by atoms with Gasteiger partial charge < -0.3 is 20.4 Å². The highest BCUT2D eigenvalue weighted by Gasteiger charge is 2.08. The van der Waals surface area contributed by atoms with Gasteiger partial charge in [0.2, 0.25) is 0 Å². The van der Waals surface area contributed by atoms with Crippen molar-refractivity contribution >= 4 is 0 Å². The third-order valence-corrected chi connectivity index (χ3v) is 4.43. The lowest BCUT2D eigenvalue weighted by Crippen LogP contribution is -1.89. The highest BCUT2D eigenvalue weighted by molar-refractivity contribution is 5.75. The van der Waals surface area contributed by atoms with Crippen LogP contribution in [-0.4, -0.2) is 20.4 Å². The number of rotatable bonds is 3. The fourth-order valence-corrected chi connectivity index (χ4v) is 2.97. The van der Waals surface area contributed by atoms with Crippen LogP contribution in [0.4, 0.5) is 0 Å². The number of phenols is 4. The standard InChI is InChI=1S/C13H12O2.C12H10O2/c14-12-7-4-8-13(15)11(12)9-10-5-2-1-3-6-10;13-10-7-4-8-11(14)12(10)9-5-2-1-3-6-9/h1-8,14-15H,9H2;1-8,13-14H. The number of aromatic hydroxyl groups is 4. The van der Waals surface area contributed by atoms with Gasteiger partial charge in [0.1, 0.15) is 23.0 Å². The van der Waals surface area contributed by atoms with Gasteiger partial charge in [0.15, 0.2) is 0 Å². The lowest BCUT2D eigenvalue weighted by atomic mass is 10.0. The van der Waals surface area contributed by atoms with E-state index in [4.69, 9.17) is 0 Å². The summed E-state index contributed by atoms with van der Waals surface area (Å²) in [6.07, 6.45) is 0.541. The monoisotopic (exact) mass is 386 g/mol. The zero-order chi connectivity index (χ0) is 20.6. The third kappa shape index (κ3) is 5.08. The largest absolute Gasteiger partial charge is 0.508 e. The average molecular weight is 386 g/mol. The van der Waals surface area contributed by atoms with Crippen LogP contribution in [0.5, 0.6) is 23.0 Å². The molecule has 0 aromatic heterocycles. The van der Waals surface area contributed by atoms with Crippen molar-refractivity contribution in [2.75, 3.05) is 0 Å².